The molecule has 1 fully saturated rings. The van der Waals surface area contributed by atoms with Crippen molar-refractivity contribution in [1.82, 2.24) is 10.6 Å². The lowest BCUT2D eigenvalue weighted by molar-refractivity contribution is -0.149. The molecule has 4 rings (SSSR count). The molecule has 1 heterocycles. The van der Waals surface area contributed by atoms with E-state index in [1.807, 2.05) is 50.2 Å². The van der Waals surface area contributed by atoms with E-state index in [2.05, 4.69) is 22.8 Å². The molecule has 4 atom stereocenters. The number of carbonyl (C=O) groups is 3. The van der Waals surface area contributed by atoms with Gasteiger partial charge in [0, 0.05) is 5.92 Å². The molecule has 1 aliphatic heterocycles. The second-order valence-electron chi connectivity index (χ2n) is 9.63. The summed E-state index contributed by atoms with van der Waals surface area (Å²) in [6.07, 6.45) is -0.0463. The number of aliphatic carboxylic acids is 1. The van der Waals surface area contributed by atoms with Gasteiger partial charge in [0.15, 0.2) is 0 Å². The largest absolute Gasteiger partial charge is 0.481 e. The number of carbonyl (C=O) groups excluding carboxylic acids is 2. The zero-order valence-corrected chi connectivity index (χ0v) is 20.2. The molecule has 1 aliphatic carbocycles. The first-order chi connectivity index (χ1) is 16.8. The normalized spacial score (nSPS) is 22.5. The van der Waals surface area contributed by atoms with Crippen molar-refractivity contribution in [3.8, 4) is 11.1 Å². The van der Waals surface area contributed by atoms with Crippen molar-refractivity contribution in [3.63, 3.8) is 0 Å². The number of hydrogen-bond acceptors (Lipinski definition) is 5. The molecule has 8 nitrogen and oxygen atoms in total. The fourth-order valence-corrected chi connectivity index (χ4v) is 4.82. The first-order valence-corrected chi connectivity index (χ1v) is 12.0. The summed E-state index contributed by atoms with van der Waals surface area (Å²) in [4.78, 5) is 37.6. The number of benzene rings is 2. The number of carboxylic acids is 1. The molecule has 2 aromatic carbocycles. The van der Waals surface area contributed by atoms with E-state index < -0.39 is 35.5 Å². The van der Waals surface area contributed by atoms with Crippen molar-refractivity contribution in [2.24, 2.45) is 11.3 Å². The molecule has 2 unspecified atom stereocenters. The van der Waals surface area contributed by atoms with Crippen LogP contribution in [0.1, 0.15) is 44.2 Å². The predicted octanol–water partition coefficient (Wildman–Crippen LogP) is 3.55. The van der Waals surface area contributed by atoms with Crippen molar-refractivity contribution in [2.75, 3.05) is 19.8 Å². The van der Waals surface area contributed by atoms with Gasteiger partial charge in [-0.05, 0) is 35.1 Å². The van der Waals surface area contributed by atoms with Gasteiger partial charge in [-0.2, -0.15) is 0 Å². The van der Waals surface area contributed by atoms with Gasteiger partial charge in [-0.3, -0.25) is 9.59 Å². The molecule has 0 radical (unpaired) electrons. The smallest absolute Gasteiger partial charge is 0.407 e. The molecule has 0 saturated carbocycles. The van der Waals surface area contributed by atoms with Crippen LogP contribution in [0.4, 0.5) is 4.79 Å². The van der Waals surface area contributed by atoms with Gasteiger partial charge in [-0.25, -0.2) is 4.79 Å². The molecule has 2 aliphatic rings. The van der Waals surface area contributed by atoms with Crippen LogP contribution in [-0.4, -0.2) is 55.0 Å². The van der Waals surface area contributed by atoms with Crippen LogP contribution in [0.15, 0.2) is 48.5 Å². The number of ether oxygens (including phenoxy) is 2. The van der Waals surface area contributed by atoms with Crippen LogP contribution in [0.3, 0.4) is 0 Å². The summed E-state index contributed by atoms with van der Waals surface area (Å²) >= 11 is 0. The topological polar surface area (TPSA) is 114 Å². The minimum absolute atomic E-state index is 0.0150. The molecule has 0 spiro atoms. The van der Waals surface area contributed by atoms with E-state index in [9.17, 15) is 19.5 Å². The van der Waals surface area contributed by atoms with E-state index in [1.165, 1.54) is 0 Å². The molecule has 3 N–H and O–H groups in total. The maximum atomic E-state index is 13.1. The third-order valence-corrected chi connectivity index (χ3v) is 7.37. The Bertz CT molecular complexity index is 1070. The summed E-state index contributed by atoms with van der Waals surface area (Å²) in [7, 11) is 0. The van der Waals surface area contributed by atoms with Gasteiger partial charge < -0.3 is 25.2 Å². The Morgan fingerprint density at radius 3 is 2.29 bits per heavy atom. The Morgan fingerprint density at radius 1 is 1.11 bits per heavy atom. The zero-order chi connectivity index (χ0) is 25.2. The van der Waals surface area contributed by atoms with E-state index in [1.54, 1.807) is 6.92 Å². The third-order valence-electron chi connectivity index (χ3n) is 7.37. The maximum Gasteiger partial charge on any atom is 0.407 e. The van der Waals surface area contributed by atoms with Crippen molar-refractivity contribution < 1.29 is 29.0 Å². The fraction of sp³-hybridized carbons (Fsp3) is 0.444. The molecule has 0 aromatic heterocycles. The number of hydrogen-bond donors (Lipinski definition) is 3. The summed E-state index contributed by atoms with van der Waals surface area (Å²) in [6.45, 7) is 5.58. The Balaban J connectivity index is 1.43. The second kappa shape index (κ2) is 10.1. The zero-order valence-electron chi connectivity index (χ0n) is 20.2. The highest BCUT2D eigenvalue weighted by Crippen LogP contribution is 2.44. The molecule has 186 valence electrons. The summed E-state index contributed by atoms with van der Waals surface area (Å²) in [6, 6.07) is 14.6. The Morgan fingerprint density at radius 2 is 1.71 bits per heavy atom. The number of alkyl carbamates (subject to hydrolysis) is 1. The second-order valence-corrected chi connectivity index (χ2v) is 9.63. The van der Waals surface area contributed by atoms with Crippen molar-refractivity contribution in [3.05, 3.63) is 59.7 Å². The highest BCUT2D eigenvalue weighted by atomic mass is 16.5. The molecule has 2 amide bonds. The van der Waals surface area contributed by atoms with Gasteiger partial charge in [0.25, 0.3) is 0 Å². The average molecular weight is 481 g/mol. The van der Waals surface area contributed by atoms with Crippen LogP contribution in [-0.2, 0) is 19.1 Å². The number of fused-ring (bicyclic) bond motifs is 3. The van der Waals surface area contributed by atoms with Gasteiger partial charge in [-0.1, -0.05) is 68.8 Å². The molecule has 2 aromatic rings. The summed E-state index contributed by atoms with van der Waals surface area (Å²) in [5.74, 6) is -1.76. The number of carboxylic acid groups (broad SMARTS) is 1. The first kappa shape index (κ1) is 24.7. The number of rotatable bonds is 8. The van der Waals surface area contributed by atoms with E-state index in [0.29, 0.717) is 6.42 Å². The fourth-order valence-electron chi connectivity index (χ4n) is 4.82. The van der Waals surface area contributed by atoms with Crippen LogP contribution in [0.25, 0.3) is 11.1 Å². The molecule has 1 saturated heterocycles. The Hall–Kier alpha value is -3.39. The molecular weight excluding hydrogens is 448 g/mol. The van der Waals surface area contributed by atoms with Crippen LogP contribution in [0, 0.1) is 11.3 Å². The summed E-state index contributed by atoms with van der Waals surface area (Å²) < 4.78 is 10.9. The lowest BCUT2D eigenvalue weighted by Crippen LogP contribution is -2.57. The van der Waals surface area contributed by atoms with Crippen LogP contribution in [0.2, 0.25) is 0 Å². The monoisotopic (exact) mass is 480 g/mol. The molecule has 35 heavy (non-hydrogen) atoms. The minimum Gasteiger partial charge on any atom is -0.481 e. The van der Waals surface area contributed by atoms with Crippen molar-refractivity contribution in [1.29, 1.82) is 0 Å². The SMILES string of the molecule is CC[C@H](C)[C@H](NC(=O)OCC1c2ccccc2-c2ccccc21)C(=O)NC1COCC1(C)C(=O)O. The lowest BCUT2D eigenvalue weighted by atomic mass is 9.85. The standard InChI is InChI=1S/C27H32N2O6/c1-4-16(2)23(24(30)28-22-14-34-15-27(22,3)25(31)32)29-26(33)35-13-21-19-11-7-5-9-17(19)18-10-6-8-12-20(18)21/h5-12,16,21-23H,4,13-15H2,1-3H3,(H,28,30)(H,29,33)(H,31,32)/t16-,22?,23-,27?/m0/s1. The van der Waals surface area contributed by atoms with Crippen LogP contribution < -0.4 is 10.6 Å². The average Bonchev–Trinajstić information content (AvgIpc) is 3.39. The number of nitrogens with one attached hydrogen (secondary N) is 2. The quantitative estimate of drug-likeness (QED) is 0.533. The van der Waals surface area contributed by atoms with E-state index in [-0.39, 0.29) is 31.7 Å². The highest BCUT2D eigenvalue weighted by molar-refractivity contribution is 5.87. The number of amides is 2. The minimum atomic E-state index is -1.22. The maximum absolute atomic E-state index is 13.1. The highest BCUT2D eigenvalue weighted by Gasteiger charge is 2.48. The van der Waals surface area contributed by atoms with Crippen LogP contribution in [0.5, 0.6) is 0 Å². The van der Waals surface area contributed by atoms with Gasteiger partial charge >= 0.3 is 12.1 Å². The van der Waals surface area contributed by atoms with E-state index >= 15 is 0 Å². The van der Waals surface area contributed by atoms with Crippen molar-refractivity contribution >= 4 is 18.0 Å². The van der Waals surface area contributed by atoms with Crippen molar-refractivity contribution in [2.45, 2.75) is 45.2 Å². The van der Waals surface area contributed by atoms with E-state index in [4.69, 9.17) is 9.47 Å². The Kier molecular flexibility index (Phi) is 7.12. The van der Waals surface area contributed by atoms with E-state index in [0.717, 1.165) is 22.3 Å². The lowest BCUT2D eigenvalue weighted by Gasteiger charge is -2.29. The molecule has 0 bridgehead atoms. The van der Waals surface area contributed by atoms with Crippen LogP contribution >= 0.6 is 0 Å². The Labute approximate surface area is 205 Å². The molecular formula is C27H32N2O6. The molecule has 8 heteroatoms. The van der Waals surface area contributed by atoms with Gasteiger partial charge in [-0.15, -0.1) is 0 Å². The van der Waals surface area contributed by atoms with Gasteiger partial charge in [0.2, 0.25) is 5.91 Å². The third kappa shape index (κ3) is 4.75. The summed E-state index contributed by atoms with van der Waals surface area (Å²) in [5.41, 5.74) is 3.25. The van der Waals surface area contributed by atoms with Gasteiger partial charge in [0.05, 0.1) is 19.3 Å². The summed E-state index contributed by atoms with van der Waals surface area (Å²) in [5, 5.41) is 15.1. The van der Waals surface area contributed by atoms with Gasteiger partial charge in [0.1, 0.15) is 18.1 Å². The predicted molar refractivity (Wildman–Crippen MR) is 130 cm³/mol. The first-order valence-electron chi connectivity index (χ1n) is 12.0.